The number of nitrogens with zero attached hydrogens (tertiary/aromatic N) is 1. The molecular formula is C19H23NO2. The second-order valence-corrected chi connectivity index (χ2v) is 7.03. The Hall–Kier alpha value is -1.64. The lowest BCUT2D eigenvalue weighted by molar-refractivity contribution is -0.123. The Morgan fingerprint density at radius 2 is 1.45 bits per heavy atom. The highest BCUT2D eigenvalue weighted by Crippen LogP contribution is 2.57. The number of para-hydroxylation sites is 1. The Bertz CT molecular complexity index is 601. The molecule has 2 saturated carbocycles. The van der Waals surface area contributed by atoms with Crippen molar-refractivity contribution >= 4 is 17.5 Å². The van der Waals surface area contributed by atoms with Crippen molar-refractivity contribution in [3.63, 3.8) is 0 Å². The van der Waals surface area contributed by atoms with Gasteiger partial charge in [0.25, 0.3) is 0 Å². The van der Waals surface area contributed by atoms with Crippen molar-refractivity contribution in [2.75, 3.05) is 4.90 Å². The molecule has 4 atom stereocenters. The largest absolute Gasteiger partial charge is 0.274 e. The molecule has 0 N–H and O–H groups in total. The first-order chi connectivity index (χ1) is 10.7. The van der Waals surface area contributed by atoms with Crippen molar-refractivity contribution < 1.29 is 9.59 Å². The standard InChI is InChI=1S/C19H23NO2/c1-3-11-6-5-7-12(4-2)17(11)20-18(21)15-13-8-9-14(10-13)16(15)19(20)22/h5-7,13-16H,3-4,8-10H2,1-2H3/t13-,14-,15-,16+/m1/s1. The molecule has 4 rings (SSSR count). The molecule has 3 aliphatic rings. The monoisotopic (exact) mass is 297 g/mol. The summed E-state index contributed by atoms with van der Waals surface area (Å²) in [6, 6.07) is 6.15. The molecule has 0 spiro atoms. The molecule has 0 unspecified atom stereocenters. The molecule has 1 aromatic carbocycles. The van der Waals surface area contributed by atoms with Crippen molar-refractivity contribution in [3.05, 3.63) is 29.3 Å². The van der Waals surface area contributed by atoms with Crippen LogP contribution in [0.15, 0.2) is 18.2 Å². The van der Waals surface area contributed by atoms with Crippen LogP contribution in [0, 0.1) is 23.7 Å². The predicted molar refractivity (Wildman–Crippen MR) is 85.5 cm³/mol. The molecule has 1 aromatic rings. The Kier molecular flexibility index (Phi) is 3.14. The zero-order valence-electron chi connectivity index (χ0n) is 13.3. The van der Waals surface area contributed by atoms with Crippen LogP contribution in [0.1, 0.15) is 44.2 Å². The molecule has 1 aliphatic heterocycles. The van der Waals surface area contributed by atoms with E-state index in [1.54, 1.807) is 4.90 Å². The lowest BCUT2D eigenvalue weighted by Crippen LogP contribution is -2.34. The van der Waals surface area contributed by atoms with Crippen molar-refractivity contribution in [1.29, 1.82) is 0 Å². The van der Waals surface area contributed by atoms with Gasteiger partial charge in [0.15, 0.2) is 0 Å². The number of hydrogen-bond donors (Lipinski definition) is 0. The first-order valence-corrected chi connectivity index (χ1v) is 8.65. The van der Waals surface area contributed by atoms with Gasteiger partial charge in [-0.3, -0.25) is 9.59 Å². The zero-order valence-corrected chi connectivity index (χ0v) is 13.3. The van der Waals surface area contributed by atoms with Gasteiger partial charge in [0.2, 0.25) is 11.8 Å². The van der Waals surface area contributed by atoms with Gasteiger partial charge >= 0.3 is 0 Å². The number of rotatable bonds is 3. The molecule has 0 aromatic heterocycles. The van der Waals surface area contributed by atoms with E-state index in [0.717, 1.165) is 48.9 Å². The number of amides is 2. The highest BCUT2D eigenvalue weighted by atomic mass is 16.2. The quantitative estimate of drug-likeness (QED) is 0.802. The smallest absolute Gasteiger partial charge is 0.237 e. The van der Waals surface area contributed by atoms with Gasteiger partial charge in [0.1, 0.15) is 0 Å². The SMILES string of the molecule is CCc1cccc(CC)c1N1C(=O)[C@@H]2[C@@H]3CC[C@H](C3)[C@@H]2C1=O. The first-order valence-electron chi connectivity index (χ1n) is 8.65. The third-order valence-corrected chi connectivity index (χ3v) is 6.12. The van der Waals surface area contributed by atoms with Crippen LogP contribution < -0.4 is 4.90 Å². The Balaban J connectivity index is 1.81. The third kappa shape index (κ3) is 1.68. The summed E-state index contributed by atoms with van der Waals surface area (Å²) in [6.07, 6.45) is 5.06. The summed E-state index contributed by atoms with van der Waals surface area (Å²) in [5.74, 6) is 1.02. The molecule has 116 valence electrons. The summed E-state index contributed by atoms with van der Waals surface area (Å²) in [5.41, 5.74) is 3.14. The van der Waals surface area contributed by atoms with Crippen LogP contribution in [-0.4, -0.2) is 11.8 Å². The topological polar surface area (TPSA) is 37.4 Å². The molecule has 1 heterocycles. The Labute approximate surface area is 131 Å². The van der Waals surface area contributed by atoms with Crippen LogP contribution in [0.2, 0.25) is 0 Å². The average Bonchev–Trinajstić information content (AvgIpc) is 3.21. The fourth-order valence-electron chi connectivity index (χ4n) is 5.13. The molecule has 2 bridgehead atoms. The molecule has 3 fully saturated rings. The first kappa shape index (κ1) is 14.0. The number of carbonyl (C=O) groups excluding carboxylic acids is 2. The fraction of sp³-hybridized carbons (Fsp3) is 0.579. The average molecular weight is 297 g/mol. The molecule has 3 nitrogen and oxygen atoms in total. The minimum Gasteiger partial charge on any atom is -0.274 e. The van der Waals surface area contributed by atoms with Gasteiger partial charge in [0.05, 0.1) is 17.5 Å². The van der Waals surface area contributed by atoms with Gasteiger partial charge in [-0.25, -0.2) is 4.90 Å². The second kappa shape index (κ2) is 4.94. The van der Waals surface area contributed by atoms with Crippen molar-refractivity contribution in [2.24, 2.45) is 23.7 Å². The van der Waals surface area contributed by atoms with Crippen LogP contribution in [0.4, 0.5) is 5.69 Å². The van der Waals surface area contributed by atoms with Gasteiger partial charge in [-0.05, 0) is 55.1 Å². The molecule has 3 heteroatoms. The predicted octanol–water partition coefficient (Wildman–Crippen LogP) is 3.35. The van der Waals surface area contributed by atoms with E-state index in [9.17, 15) is 9.59 Å². The van der Waals surface area contributed by atoms with E-state index < -0.39 is 0 Å². The number of carbonyl (C=O) groups is 2. The minimum atomic E-state index is -0.0270. The highest BCUT2D eigenvalue weighted by Gasteiger charge is 2.61. The lowest BCUT2D eigenvalue weighted by atomic mass is 9.81. The van der Waals surface area contributed by atoms with Gasteiger partial charge in [-0.15, -0.1) is 0 Å². The number of hydrogen-bond acceptors (Lipinski definition) is 2. The maximum Gasteiger partial charge on any atom is 0.237 e. The van der Waals surface area contributed by atoms with Crippen molar-refractivity contribution in [1.82, 2.24) is 0 Å². The summed E-state index contributed by atoms with van der Waals surface area (Å²) in [5, 5.41) is 0. The fourth-order valence-corrected chi connectivity index (χ4v) is 5.13. The number of imide groups is 1. The van der Waals surface area contributed by atoms with Gasteiger partial charge in [0, 0.05) is 0 Å². The van der Waals surface area contributed by atoms with E-state index in [-0.39, 0.29) is 23.7 Å². The van der Waals surface area contributed by atoms with Crippen molar-refractivity contribution in [2.45, 2.75) is 46.0 Å². The maximum atomic E-state index is 13.0. The third-order valence-electron chi connectivity index (χ3n) is 6.12. The number of benzene rings is 1. The molecule has 0 radical (unpaired) electrons. The van der Waals surface area contributed by atoms with Gasteiger partial charge in [-0.1, -0.05) is 32.0 Å². The normalized spacial score (nSPS) is 32.9. The Morgan fingerprint density at radius 1 is 0.955 bits per heavy atom. The van der Waals surface area contributed by atoms with E-state index >= 15 is 0 Å². The molecule has 2 aliphatic carbocycles. The van der Waals surface area contributed by atoms with Gasteiger partial charge in [-0.2, -0.15) is 0 Å². The van der Waals surface area contributed by atoms with Crippen LogP contribution in [-0.2, 0) is 22.4 Å². The van der Waals surface area contributed by atoms with Crippen molar-refractivity contribution in [3.8, 4) is 0 Å². The summed E-state index contributed by atoms with van der Waals surface area (Å²) < 4.78 is 0. The molecule has 2 amide bonds. The molecule has 22 heavy (non-hydrogen) atoms. The zero-order chi connectivity index (χ0) is 15.4. The molecular weight excluding hydrogens is 274 g/mol. The van der Waals surface area contributed by atoms with Crippen LogP contribution in [0.25, 0.3) is 0 Å². The van der Waals surface area contributed by atoms with E-state index in [4.69, 9.17) is 0 Å². The summed E-state index contributed by atoms with van der Waals surface area (Å²) in [7, 11) is 0. The van der Waals surface area contributed by atoms with E-state index in [1.165, 1.54) is 0 Å². The number of aryl methyl sites for hydroxylation is 2. The van der Waals surface area contributed by atoms with Crippen LogP contribution in [0.3, 0.4) is 0 Å². The number of anilines is 1. The Morgan fingerprint density at radius 3 is 1.91 bits per heavy atom. The van der Waals surface area contributed by atoms with Gasteiger partial charge < -0.3 is 0 Å². The van der Waals surface area contributed by atoms with Crippen LogP contribution >= 0.6 is 0 Å². The summed E-state index contributed by atoms with van der Waals surface area (Å²) in [4.78, 5) is 27.6. The highest BCUT2D eigenvalue weighted by molar-refractivity contribution is 6.23. The molecule has 1 saturated heterocycles. The summed E-state index contributed by atoms with van der Waals surface area (Å²) in [6.45, 7) is 4.18. The second-order valence-electron chi connectivity index (χ2n) is 7.03. The van der Waals surface area contributed by atoms with E-state index in [1.807, 2.05) is 6.07 Å². The summed E-state index contributed by atoms with van der Waals surface area (Å²) >= 11 is 0. The maximum absolute atomic E-state index is 13.0. The van der Waals surface area contributed by atoms with Crippen LogP contribution in [0.5, 0.6) is 0 Å². The van der Waals surface area contributed by atoms with E-state index in [2.05, 4.69) is 26.0 Å². The minimum absolute atomic E-state index is 0.0270. The lowest BCUT2D eigenvalue weighted by Gasteiger charge is -2.23. The number of fused-ring (bicyclic) bond motifs is 5. The van der Waals surface area contributed by atoms with E-state index in [0.29, 0.717) is 11.8 Å².